The maximum atomic E-state index is 10.7. The molecule has 1 aromatic carbocycles. The molecule has 1 aromatic rings. The zero-order valence-corrected chi connectivity index (χ0v) is 11.4. The Hall–Kier alpha value is -1.37. The molecule has 0 aliphatic carbocycles. The van der Waals surface area contributed by atoms with E-state index in [-0.39, 0.29) is 12.2 Å². The van der Waals surface area contributed by atoms with Gasteiger partial charge in [-0.25, -0.2) is 0 Å². The number of hydrogen-bond donors (Lipinski definition) is 1. The Labute approximate surface area is 113 Å². The molecule has 2 aliphatic heterocycles. The molecular weight excluding hydrogens is 238 g/mol. The molecule has 2 aliphatic rings. The first kappa shape index (κ1) is 12.7. The van der Waals surface area contributed by atoms with Crippen molar-refractivity contribution in [2.24, 2.45) is 5.41 Å². The van der Waals surface area contributed by atoms with E-state index in [4.69, 9.17) is 4.74 Å². The number of aliphatic hydroxyl groups is 1. The van der Waals surface area contributed by atoms with Crippen LogP contribution in [0, 0.1) is 30.6 Å². The highest BCUT2D eigenvalue weighted by Gasteiger charge is 2.57. The average Bonchev–Trinajstić information content (AvgIpc) is 2.97. The molecule has 2 fully saturated rings. The Morgan fingerprint density at radius 2 is 2.00 bits per heavy atom. The fourth-order valence-electron chi connectivity index (χ4n) is 3.67. The third-order valence-electron chi connectivity index (χ3n) is 4.50. The van der Waals surface area contributed by atoms with Gasteiger partial charge in [-0.3, -0.25) is 0 Å². The van der Waals surface area contributed by atoms with E-state index in [1.54, 1.807) is 0 Å². The van der Waals surface area contributed by atoms with Crippen molar-refractivity contribution in [2.45, 2.75) is 51.4 Å². The minimum absolute atomic E-state index is 0.113. The molecule has 0 saturated carbocycles. The van der Waals surface area contributed by atoms with Crippen molar-refractivity contribution < 1.29 is 9.84 Å². The minimum atomic E-state index is -0.761. The first-order valence-electron chi connectivity index (χ1n) is 6.88. The first-order valence-corrected chi connectivity index (χ1v) is 6.88. The fourth-order valence-corrected chi connectivity index (χ4v) is 3.67. The molecule has 2 bridgehead atoms. The normalized spacial score (nSPS) is 34.2. The summed E-state index contributed by atoms with van der Waals surface area (Å²) in [5, 5.41) is 20.4. The summed E-state index contributed by atoms with van der Waals surface area (Å²) in [5.41, 5.74) is 2.32. The van der Waals surface area contributed by atoms with Crippen LogP contribution in [0.15, 0.2) is 18.2 Å². The van der Waals surface area contributed by atoms with Gasteiger partial charge in [0.05, 0.1) is 18.3 Å². The summed E-state index contributed by atoms with van der Waals surface area (Å²) in [6.07, 6.45) is 1.85. The molecule has 3 heteroatoms. The second-order valence-electron chi connectivity index (χ2n) is 6.00. The second-order valence-corrected chi connectivity index (χ2v) is 6.00. The lowest BCUT2D eigenvalue weighted by Crippen LogP contribution is -2.37. The van der Waals surface area contributed by atoms with E-state index in [0.29, 0.717) is 6.42 Å². The van der Waals surface area contributed by atoms with Crippen molar-refractivity contribution in [1.29, 1.82) is 5.26 Å². The van der Waals surface area contributed by atoms with Gasteiger partial charge in [-0.1, -0.05) is 29.3 Å². The smallest absolute Gasteiger partial charge is 0.116 e. The Bertz CT molecular complexity index is 528. The highest BCUT2D eigenvalue weighted by molar-refractivity contribution is 5.33. The second kappa shape index (κ2) is 4.33. The molecule has 100 valence electrons. The molecule has 2 heterocycles. The topological polar surface area (TPSA) is 53.2 Å². The van der Waals surface area contributed by atoms with Crippen molar-refractivity contribution in [3.8, 4) is 6.07 Å². The van der Waals surface area contributed by atoms with Crippen LogP contribution in [0.25, 0.3) is 0 Å². The van der Waals surface area contributed by atoms with Crippen LogP contribution in [0.5, 0.6) is 0 Å². The summed E-state index contributed by atoms with van der Waals surface area (Å²) >= 11 is 0. The van der Waals surface area contributed by atoms with Crippen LogP contribution < -0.4 is 0 Å². The lowest BCUT2D eigenvalue weighted by atomic mass is 9.69. The maximum absolute atomic E-state index is 10.7. The van der Waals surface area contributed by atoms with Gasteiger partial charge in [0.1, 0.15) is 11.5 Å². The summed E-state index contributed by atoms with van der Waals surface area (Å²) < 4.78 is 5.80. The lowest BCUT2D eigenvalue weighted by Gasteiger charge is -2.33. The summed E-state index contributed by atoms with van der Waals surface area (Å²) in [6.45, 7) is 4.03. The third-order valence-corrected chi connectivity index (χ3v) is 4.50. The van der Waals surface area contributed by atoms with E-state index >= 15 is 0 Å². The Kier molecular flexibility index (Phi) is 2.88. The zero-order valence-electron chi connectivity index (χ0n) is 11.4. The number of benzene rings is 1. The van der Waals surface area contributed by atoms with Crippen LogP contribution in [0.2, 0.25) is 0 Å². The monoisotopic (exact) mass is 257 g/mol. The minimum Gasteiger partial charge on any atom is -0.387 e. The number of rotatable bonds is 2. The highest BCUT2D eigenvalue weighted by atomic mass is 16.5. The van der Waals surface area contributed by atoms with Crippen molar-refractivity contribution in [3.05, 3.63) is 34.9 Å². The number of aliphatic hydroxyl groups excluding tert-OH is 1. The van der Waals surface area contributed by atoms with Gasteiger partial charge < -0.3 is 9.84 Å². The molecule has 19 heavy (non-hydrogen) atoms. The van der Waals surface area contributed by atoms with Crippen LogP contribution in [0.4, 0.5) is 0 Å². The number of fused-ring (bicyclic) bond motifs is 2. The quantitative estimate of drug-likeness (QED) is 0.886. The fraction of sp³-hybridized carbons (Fsp3) is 0.562. The van der Waals surface area contributed by atoms with Gasteiger partial charge in [-0.2, -0.15) is 5.26 Å². The predicted molar refractivity (Wildman–Crippen MR) is 71.4 cm³/mol. The van der Waals surface area contributed by atoms with Crippen molar-refractivity contribution in [1.82, 2.24) is 0 Å². The summed E-state index contributed by atoms with van der Waals surface area (Å²) in [4.78, 5) is 0. The maximum Gasteiger partial charge on any atom is 0.116 e. The van der Waals surface area contributed by atoms with E-state index in [1.165, 1.54) is 0 Å². The van der Waals surface area contributed by atoms with E-state index in [1.807, 2.05) is 26.0 Å². The van der Waals surface area contributed by atoms with Gasteiger partial charge in [-0.15, -0.1) is 0 Å². The van der Waals surface area contributed by atoms with Crippen LogP contribution >= 0.6 is 0 Å². The van der Waals surface area contributed by atoms with Crippen molar-refractivity contribution in [3.63, 3.8) is 0 Å². The van der Waals surface area contributed by atoms with Gasteiger partial charge in [0, 0.05) is 0 Å². The van der Waals surface area contributed by atoms with E-state index in [9.17, 15) is 10.4 Å². The Balaban J connectivity index is 1.98. The highest BCUT2D eigenvalue weighted by Crippen LogP contribution is 2.53. The zero-order chi connectivity index (χ0) is 13.6. The number of ether oxygens (including phenoxy) is 1. The molecule has 1 N–H and O–H groups in total. The molecule has 2 saturated heterocycles. The molecule has 0 aromatic heterocycles. The summed E-state index contributed by atoms with van der Waals surface area (Å²) in [6, 6.07) is 8.40. The van der Waals surface area contributed by atoms with Gasteiger partial charge in [-0.05, 0) is 38.7 Å². The van der Waals surface area contributed by atoms with E-state index in [2.05, 4.69) is 12.1 Å². The van der Waals surface area contributed by atoms with Crippen LogP contribution in [0.3, 0.4) is 0 Å². The van der Waals surface area contributed by atoms with Gasteiger partial charge >= 0.3 is 0 Å². The number of hydrogen-bond acceptors (Lipinski definition) is 3. The van der Waals surface area contributed by atoms with Crippen molar-refractivity contribution >= 4 is 0 Å². The van der Waals surface area contributed by atoms with Crippen LogP contribution in [0.1, 0.15) is 42.1 Å². The van der Waals surface area contributed by atoms with Gasteiger partial charge in [0.15, 0.2) is 0 Å². The van der Waals surface area contributed by atoms with E-state index in [0.717, 1.165) is 29.5 Å². The molecule has 3 nitrogen and oxygen atoms in total. The number of nitrogens with zero attached hydrogens (tertiary/aromatic N) is 1. The van der Waals surface area contributed by atoms with Crippen molar-refractivity contribution in [2.75, 3.05) is 0 Å². The molecule has 3 rings (SSSR count). The van der Waals surface area contributed by atoms with E-state index < -0.39 is 11.5 Å². The Morgan fingerprint density at radius 3 is 2.47 bits per heavy atom. The average molecular weight is 257 g/mol. The first-order chi connectivity index (χ1) is 9.05. The number of nitriles is 1. The molecular formula is C16H19NO2. The predicted octanol–water partition coefficient (Wildman–Crippen LogP) is 2.80. The Morgan fingerprint density at radius 1 is 1.32 bits per heavy atom. The van der Waals surface area contributed by atoms with Gasteiger partial charge in [0.2, 0.25) is 0 Å². The molecule has 4 unspecified atom stereocenters. The summed E-state index contributed by atoms with van der Waals surface area (Å²) in [5.74, 6) is 0. The molecule has 0 radical (unpaired) electrons. The standard InChI is InChI=1S/C16H19NO2/c1-10-5-11(2)7-12(6-10)15(18)16(9-17)8-13-3-4-14(16)19-13/h5-7,13-15,18H,3-4,8H2,1-2H3. The summed E-state index contributed by atoms with van der Waals surface area (Å²) in [7, 11) is 0. The molecule has 0 spiro atoms. The third kappa shape index (κ3) is 1.87. The van der Waals surface area contributed by atoms with Crippen LogP contribution in [-0.2, 0) is 4.74 Å². The largest absolute Gasteiger partial charge is 0.387 e. The number of aryl methyl sites for hydroxylation is 2. The van der Waals surface area contributed by atoms with Crippen LogP contribution in [-0.4, -0.2) is 17.3 Å². The SMILES string of the molecule is Cc1cc(C)cc(C(O)C2(C#N)CC3CCC2O3)c1. The molecule has 0 amide bonds. The lowest BCUT2D eigenvalue weighted by molar-refractivity contribution is 0.00336. The molecule has 4 atom stereocenters. The van der Waals surface area contributed by atoms with Gasteiger partial charge in [0.25, 0.3) is 0 Å².